The summed E-state index contributed by atoms with van der Waals surface area (Å²) in [7, 11) is 5.77. The molecule has 0 atom stereocenters. The highest BCUT2D eigenvalue weighted by Crippen LogP contribution is 2.34. The van der Waals surface area contributed by atoms with Crippen molar-refractivity contribution in [2.75, 3.05) is 33.9 Å². The van der Waals surface area contributed by atoms with Crippen molar-refractivity contribution in [1.29, 1.82) is 0 Å². The Bertz CT molecular complexity index is 812. The summed E-state index contributed by atoms with van der Waals surface area (Å²) in [5, 5.41) is 4.25. The molecule has 1 N–H and O–H groups in total. The fraction of sp³-hybridized carbons (Fsp3) is 0.476. The quantitative estimate of drug-likeness (QED) is 0.609. The van der Waals surface area contributed by atoms with Gasteiger partial charge < -0.3 is 19.5 Å². The van der Waals surface area contributed by atoms with E-state index >= 15 is 0 Å². The molecule has 3 rings (SSSR count). The van der Waals surface area contributed by atoms with Crippen molar-refractivity contribution in [2.45, 2.75) is 24.8 Å². The number of halogens is 2. The van der Waals surface area contributed by atoms with E-state index in [1.54, 1.807) is 7.05 Å². The number of nitrogens with one attached hydrogen (secondary N) is 1. The highest BCUT2D eigenvalue weighted by molar-refractivity contribution is 6.30. The van der Waals surface area contributed by atoms with Crippen molar-refractivity contribution in [3.8, 4) is 0 Å². The Hall–Kier alpha value is -2.05. The summed E-state index contributed by atoms with van der Waals surface area (Å²) < 4.78 is 21.0. The Morgan fingerprint density at radius 2 is 2.00 bits per heavy atom. The molecule has 1 aliphatic heterocycles. The molecule has 0 radical (unpaired) electrons. The molecule has 1 aliphatic rings. The van der Waals surface area contributed by atoms with Crippen LogP contribution in [0.15, 0.2) is 41.5 Å². The maximum absolute atomic E-state index is 13.4. The number of hydrogen-bond donors (Lipinski definition) is 1. The maximum atomic E-state index is 13.4. The van der Waals surface area contributed by atoms with E-state index in [1.807, 2.05) is 43.1 Å². The van der Waals surface area contributed by atoms with Gasteiger partial charge in [-0.15, -0.1) is 0 Å². The standard InChI is InChI=1S/C21H28ClFN4O/c1-24-20(27(3)14-19-12-17(22)13-26(19)2)25-15-21(8-10-28-11-9-21)16-4-6-18(23)7-5-16/h4-7,12-13H,8-11,14-15H2,1-3H3,(H,24,25). The van der Waals surface area contributed by atoms with Gasteiger partial charge in [0, 0.05) is 58.2 Å². The number of benzene rings is 1. The Morgan fingerprint density at radius 1 is 1.32 bits per heavy atom. The zero-order valence-corrected chi connectivity index (χ0v) is 17.5. The van der Waals surface area contributed by atoms with E-state index in [-0.39, 0.29) is 11.2 Å². The molecule has 0 unspecified atom stereocenters. The van der Waals surface area contributed by atoms with Crippen molar-refractivity contribution < 1.29 is 9.13 Å². The van der Waals surface area contributed by atoms with Crippen LogP contribution < -0.4 is 5.32 Å². The number of ether oxygens (including phenoxy) is 1. The van der Waals surface area contributed by atoms with Gasteiger partial charge in [-0.1, -0.05) is 23.7 Å². The Kier molecular flexibility index (Phi) is 6.62. The second-order valence-corrected chi connectivity index (χ2v) is 7.85. The monoisotopic (exact) mass is 406 g/mol. The molecular weight excluding hydrogens is 379 g/mol. The zero-order chi connectivity index (χ0) is 20.1. The number of rotatable bonds is 5. The molecule has 5 nitrogen and oxygen atoms in total. The number of aromatic nitrogens is 1. The Labute approximate surface area is 171 Å². The molecule has 2 heterocycles. The number of guanidine groups is 1. The van der Waals surface area contributed by atoms with E-state index in [9.17, 15) is 4.39 Å². The van der Waals surface area contributed by atoms with Crippen LogP contribution in [0.25, 0.3) is 0 Å². The minimum Gasteiger partial charge on any atom is -0.381 e. The molecule has 0 bridgehead atoms. The van der Waals surface area contributed by atoms with Gasteiger partial charge in [0.1, 0.15) is 5.82 Å². The largest absolute Gasteiger partial charge is 0.381 e. The summed E-state index contributed by atoms with van der Waals surface area (Å²) in [4.78, 5) is 6.51. The summed E-state index contributed by atoms with van der Waals surface area (Å²) in [6.45, 7) is 2.81. The molecule has 1 aromatic carbocycles. The Morgan fingerprint density at radius 3 is 2.57 bits per heavy atom. The molecule has 1 aromatic heterocycles. The average Bonchev–Trinajstić information content (AvgIpc) is 3.00. The van der Waals surface area contributed by atoms with Crippen LogP contribution >= 0.6 is 11.6 Å². The molecule has 0 amide bonds. The minimum atomic E-state index is -0.212. The fourth-order valence-corrected chi connectivity index (χ4v) is 4.08. The predicted molar refractivity (Wildman–Crippen MR) is 111 cm³/mol. The van der Waals surface area contributed by atoms with E-state index in [1.165, 1.54) is 12.1 Å². The second-order valence-electron chi connectivity index (χ2n) is 7.42. The third kappa shape index (κ3) is 4.67. The van der Waals surface area contributed by atoms with Gasteiger partial charge in [0.2, 0.25) is 0 Å². The van der Waals surface area contributed by atoms with Crippen LogP contribution in [0.3, 0.4) is 0 Å². The zero-order valence-electron chi connectivity index (χ0n) is 16.7. The fourth-order valence-electron chi connectivity index (χ4n) is 3.81. The van der Waals surface area contributed by atoms with Crippen molar-refractivity contribution in [2.24, 2.45) is 12.0 Å². The number of hydrogen-bond acceptors (Lipinski definition) is 2. The number of nitrogens with zero attached hydrogens (tertiary/aromatic N) is 3. The van der Waals surface area contributed by atoms with Crippen molar-refractivity contribution in [1.82, 2.24) is 14.8 Å². The predicted octanol–water partition coefficient (Wildman–Crippen LogP) is 3.57. The van der Waals surface area contributed by atoms with Gasteiger partial charge in [0.15, 0.2) is 5.96 Å². The van der Waals surface area contributed by atoms with Crippen LogP contribution in [0.1, 0.15) is 24.1 Å². The highest BCUT2D eigenvalue weighted by atomic mass is 35.5. The number of aryl methyl sites for hydroxylation is 1. The normalized spacial score (nSPS) is 16.8. The first-order valence-electron chi connectivity index (χ1n) is 9.50. The van der Waals surface area contributed by atoms with E-state index < -0.39 is 0 Å². The van der Waals surface area contributed by atoms with Crippen molar-refractivity contribution in [3.63, 3.8) is 0 Å². The van der Waals surface area contributed by atoms with Crippen molar-refractivity contribution >= 4 is 17.6 Å². The van der Waals surface area contributed by atoms with Gasteiger partial charge in [-0.25, -0.2) is 4.39 Å². The van der Waals surface area contributed by atoms with Gasteiger partial charge in [-0.2, -0.15) is 0 Å². The smallest absolute Gasteiger partial charge is 0.193 e. The van der Waals surface area contributed by atoms with Crippen LogP contribution in [0.5, 0.6) is 0 Å². The van der Waals surface area contributed by atoms with E-state index in [0.29, 0.717) is 26.3 Å². The van der Waals surface area contributed by atoms with E-state index in [0.717, 1.165) is 35.1 Å². The molecule has 1 saturated heterocycles. The first-order valence-corrected chi connectivity index (χ1v) is 9.88. The lowest BCUT2D eigenvalue weighted by atomic mass is 9.74. The summed E-state index contributed by atoms with van der Waals surface area (Å²) in [6, 6.07) is 8.81. The molecular formula is C21H28ClFN4O. The van der Waals surface area contributed by atoms with Crippen LogP contribution in [0.2, 0.25) is 5.02 Å². The summed E-state index contributed by atoms with van der Waals surface area (Å²) in [5.41, 5.74) is 2.14. The summed E-state index contributed by atoms with van der Waals surface area (Å²) in [6.07, 6.45) is 3.67. The van der Waals surface area contributed by atoms with Crippen LogP contribution in [-0.4, -0.2) is 49.3 Å². The molecule has 152 valence electrons. The maximum Gasteiger partial charge on any atom is 0.193 e. The lowest BCUT2D eigenvalue weighted by Gasteiger charge is -2.39. The van der Waals surface area contributed by atoms with Crippen LogP contribution in [0.4, 0.5) is 4.39 Å². The average molecular weight is 407 g/mol. The van der Waals surface area contributed by atoms with Gasteiger partial charge in [0.25, 0.3) is 0 Å². The molecule has 28 heavy (non-hydrogen) atoms. The molecule has 0 aliphatic carbocycles. The first kappa shape index (κ1) is 20.7. The SMILES string of the molecule is CN=C(NCC1(c2ccc(F)cc2)CCOCC1)N(C)Cc1cc(Cl)cn1C. The van der Waals surface area contributed by atoms with Gasteiger partial charge in [-0.3, -0.25) is 4.99 Å². The minimum absolute atomic E-state index is 0.100. The molecule has 0 spiro atoms. The second kappa shape index (κ2) is 8.97. The third-order valence-corrected chi connectivity index (χ3v) is 5.75. The highest BCUT2D eigenvalue weighted by Gasteiger charge is 2.35. The number of aliphatic imine (C=N–C) groups is 1. The van der Waals surface area contributed by atoms with Crippen molar-refractivity contribution in [3.05, 3.63) is 58.6 Å². The third-order valence-electron chi connectivity index (χ3n) is 5.54. The van der Waals surface area contributed by atoms with Gasteiger partial charge >= 0.3 is 0 Å². The van der Waals surface area contributed by atoms with Gasteiger partial charge in [-0.05, 0) is 36.6 Å². The molecule has 2 aromatic rings. The first-order chi connectivity index (χ1) is 13.4. The lowest BCUT2D eigenvalue weighted by molar-refractivity contribution is 0.0512. The lowest BCUT2D eigenvalue weighted by Crippen LogP contribution is -2.48. The summed E-state index contributed by atoms with van der Waals surface area (Å²) >= 11 is 6.10. The Balaban J connectivity index is 1.72. The van der Waals surface area contributed by atoms with Crippen LogP contribution in [0, 0.1) is 5.82 Å². The van der Waals surface area contributed by atoms with Gasteiger partial charge in [0.05, 0.1) is 11.6 Å². The molecule has 1 fully saturated rings. The molecule has 0 saturated carbocycles. The summed E-state index contributed by atoms with van der Waals surface area (Å²) in [5.74, 6) is 0.598. The van der Waals surface area contributed by atoms with Crippen LogP contribution in [-0.2, 0) is 23.7 Å². The van der Waals surface area contributed by atoms with E-state index in [2.05, 4.69) is 15.2 Å². The van der Waals surface area contributed by atoms with E-state index in [4.69, 9.17) is 16.3 Å². The topological polar surface area (TPSA) is 41.8 Å². The molecule has 7 heteroatoms.